The fourth-order valence-electron chi connectivity index (χ4n) is 3.56. The Balaban J connectivity index is 1.65. The minimum atomic E-state index is -0.416. The summed E-state index contributed by atoms with van der Waals surface area (Å²) in [6, 6.07) is 17.6. The molecule has 0 spiro atoms. The Morgan fingerprint density at radius 2 is 1.52 bits per heavy atom. The topological polar surface area (TPSA) is 66.5 Å². The number of hydrogen-bond acceptors (Lipinski definition) is 3. The molecule has 0 bridgehead atoms. The van der Waals surface area contributed by atoms with Crippen LogP contribution in [0.4, 0.5) is 11.4 Å². The Morgan fingerprint density at radius 3 is 2.24 bits per heavy atom. The van der Waals surface area contributed by atoms with Crippen molar-refractivity contribution in [2.75, 3.05) is 10.2 Å². The van der Waals surface area contributed by atoms with Crippen LogP contribution in [0.1, 0.15) is 47.8 Å². The van der Waals surface area contributed by atoms with Gasteiger partial charge in [0.2, 0.25) is 0 Å². The molecule has 0 unspecified atom stereocenters. The van der Waals surface area contributed by atoms with Gasteiger partial charge in [0.05, 0.1) is 16.8 Å². The number of para-hydroxylation sites is 1. The molecule has 3 aromatic carbocycles. The maximum atomic E-state index is 13.0. The average Bonchev–Trinajstić information content (AvgIpc) is 2.94. The van der Waals surface area contributed by atoms with Gasteiger partial charge in [-0.05, 0) is 62.2 Å². The van der Waals surface area contributed by atoms with E-state index in [1.165, 1.54) is 11.0 Å². The largest absolute Gasteiger partial charge is 0.322 e. The van der Waals surface area contributed by atoms with E-state index in [0.29, 0.717) is 22.5 Å². The van der Waals surface area contributed by atoms with Crippen LogP contribution in [0.3, 0.4) is 0 Å². The van der Waals surface area contributed by atoms with Crippen molar-refractivity contribution in [1.29, 1.82) is 0 Å². The number of imide groups is 1. The smallest absolute Gasteiger partial charge is 0.266 e. The molecule has 0 aliphatic carbocycles. The molecule has 1 N–H and O–H groups in total. The summed E-state index contributed by atoms with van der Waals surface area (Å²) >= 11 is 0. The van der Waals surface area contributed by atoms with Crippen LogP contribution in [-0.4, -0.2) is 17.7 Å². The Hall–Kier alpha value is -3.73. The predicted molar refractivity (Wildman–Crippen MR) is 113 cm³/mol. The molecular formula is C24H20N2O3. The minimum absolute atomic E-state index is 0.242. The molecule has 0 aromatic heterocycles. The standard InChI is InChI=1S/C24H20N2O3/c1-14-8-11-20(16(3)12-14)25-22(27)17-9-10-18-19(13-17)24(29)26(23(18)28)21-7-5-4-6-15(21)2/h4-13H,1-3H3,(H,25,27). The molecule has 3 aromatic rings. The number of anilines is 2. The van der Waals surface area contributed by atoms with Gasteiger partial charge in [-0.15, -0.1) is 0 Å². The highest BCUT2D eigenvalue weighted by Crippen LogP contribution is 2.31. The number of benzene rings is 3. The van der Waals surface area contributed by atoms with Crippen LogP contribution < -0.4 is 10.2 Å². The van der Waals surface area contributed by atoms with Gasteiger partial charge >= 0.3 is 0 Å². The molecule has 5 heteroatoms. The first kappa shape index (κ1) is 18.6. The van der Waals surface area contributed by atoms with Crippen molar-refractivity contribution in [2.45, 2.75) is 20.8 Å². The Bertz CT molecular complexity index is 1180. The summed E-state index contributed by atoms with van der Waals surface area (Å²) in [7, 11) is 0. The SMILES string of the molecule is Cc1ccc(NC(=O)c2ccc3c(c2)C(=O)N(c2ccccc2C)C3=O)c(C)c1. The molecule has 1 aliphatic heterocycles. The summed E-state index contributed by atoms with van der Waals surface area (Å²) in [6.07, 6.45) is 0. The van der Waals surface area contributed by atoms with E-state index in [0.717, 1.165) is 16.7 Å². The Morgan fingerprint density at radius 1 is 0.793 bits per heavy atom. The molecule has 1 aliphatic rings. The summed E-state index contributed by atoms with van der Waals surface area (Å²) < 4.78 is 0. The molecule has 4 rings (SSSR count). The number of carbonyl (C=O) groups excluding carboxylic acids is 3. The molecular weight excluding hydrogens is 364 g/mol. The minimum Gasteiger partial charge on any atom is -0.322 e. The second kappa shape index (κ2) is 7.02. The lowest BCUT2D eigenvalue weighted by molar-refractivity contribution is 0.0925. The maximum Gasteiger partial charge on any atom is 0.266 e. The van der Waals surface area contributed by atoms with Gasteiger partial charge in [0.25, 0.3) is 17.7 Å². The summed E-state index contributed by atoms with van der Waals surface area (Å²) in [5.41, 5.74) is 5.04. The molecule has 3 amide bonds. The van der Waals surface area contributed by atoms with Crippen LogP contribution in [0.5, 0.6) is 0 Å². The molecule has 0 saturated heterocycles. The van der Waals surface area contributed by atoms with E-state index in [1.54, 1.807) is 24.3 Å². The van der Waals surface area contributed by atoms with Gasteiger partial charge < -0.3 is 5.32 Å². The van der Waals surface area contributed by atoms with Crippen molar-refractivity contribution in [3.63, 3.8) is 0 Å². The van der Waals surface area contributed by atoms with Gasteiger partial charge in [-0.1, -0.05) is 35.9 Å². The highest BCUT2D eigenvalue weighted by molar-refractivity contribution is 6.35. The van der Waals surface area contributed by atoms with E-state index < -0.39 is 5.91 Å². The lowest BCUT2D eigenvalue weighted by Gasteiger charge is -2.16. The Kier molecular flexibility index (Phi) is 4.51. The third kappa shape index (κ3) is 3.21. The van der Waals surface area contributed by atoms with Gasteiger partial charge in [0.15, 0.2) is 0 Å². The quantitative estimate of drug-likeness (QED) is 0.668. The summed E-state index contributed by atoms with van der Waals surface area (Å²) in [4.78, 5) is 39.7. The van der Waals surface area contributed by atoms with E-state index >= 15 is 0 Å². The number of amides is 3. The van der Waals surface area contributed by atoms with E-state index in [-0.39, 0.29) is 17.4 Å². The summed E-state index contributed by atoms with van der Waals surface area (Å²) in [5, 5.41) is 2.87. The highest BCUT2D eigenvalue weighted by atomic mass is 16.2. The first-order valence-corrected chi connectivity index (χ1v) is 9.34. The number of carbonyl (C=O) groups is 3. The Labute approximate surface area is 169 Å². The van der Waals surface area contributed by atoms with Gasteiger partial charge in [0, 0.05) is 11.3 Å². The number of nitrogens with zero attached hydrogens (tertiary/aromatic N) is 1. The van der Waals surface area contributed by atoms with E-state index in [1.807, 2.05) is 51.1 Å². The number of rotatable bonds is 3. The zero-order chi connectivity index (χ0) is 20.7. The lowest BCUT2D eigenvalue weighted by Crippen LogP contribution is -2.29. The first-order chi connectivity index (χ1) is 13.9. The van der Waals surface area contributed by atoms with E-state index in [4.69, 9.17) is 0 Å². The number of fused-ring (bicyclic) bond motifs is 1. The number of nitrogens with one attached hydrogen (secondary N) is 1. The van der Waals surface area contributed by atoms with Crippen LogP contribution in [-0.2, 0) is 0 Å². The van der Waals surface area contributed by atoms with Crippen molar-refractivity contribution in [3.8, 4) is 0 Å². The lowest BCUT2D eigenvalue weighted by atomic mass is 10.0. The fraction of sp³-hybridized carbons (Fsp3) is 0.125. The van der Waals surface area contributed by atoms with Gasteiger partial charge in [-0.25, -0.2) is 4.90 Å². The van der Waals surface area contributed by atoms with Crippen molar-refractivity contribution in [3.05, 3.63) is 94.0 Å². The monoisotopic (exact) mass is 384 g/mol. The second-order valence-electron chi connectivity index (χ2n) is 7.27. The van der Waals surface area contributed by atoms with E-state index in [2.05, 4.69) is 5.32 Å². The second-order valence-corrected chi connectivity index (χ2v) is 7.27. The van der Waals surface area contributed by atoms with Crippen LogP contribution >= 0.6 is 0 Å². The van der Waals surface area contributed by atoms with Gasteiger partial charge in [0.1, 0.15) is 0 Å². The third-order valence-electron chi connectivity index (χ3n) is 5.14. The van der Waals surface area contributed by atoms with Crippen LogP contribution in [0.25, 0.3) is 0 Å². The molecule has 144 valence electrons. The van der Waals surface area contributed by atoms with Crippen LogP contribution in [0, 0.1) is 20.8 Å². The fourth-order valence-corrected chi connectivity index (χ4v) is 3.56. The molecule has 0 radical (unpaired) electrons. The molecule has 5 nitrogen and oxygen atoms in total. The molecule has 0 fully saturated rings. The van der Waals surface area contributed by atoms with Crippen LogP contribution in [0.2, 0.25) is 0 Å². The van der Waals surface area contributed by atoms with E-state index in [9.17, 15) is 14.4 Å². The first-order valence-electron chi connectivity index (χ1n) is 9.34. The normalized spacial score (nSPS) is 12.9. The summed E-state index contributed by atoms with van der Waals surface area (Å²) in [5.74, 6) is -1.12. The highest BCUT2D eigenvalue weighted by Gasteiger charge is 2.37. The third-order valence-corrected chi connectivity index (χ3v) is 5.14. The van der Waals surface area contributed by atoms with Gasteiger partial charge in [-0.3, -0.25) is 14.4 Å². The van der Waals surface area contributed by atoms with Crippen LogP contribution in [0.15, 0.2) is 60.7 Å². The van der Waals surface area contributed by atoms with Crippen molar-refractivity contribution in [1.82, 2.24) is 0 Å². The molecule has 29 heavy (non-hydrogen) atoms. The number of hydrogen-bond donors (Lipinski definition) is 1. The molecule has 0 atom stereocenters. The molecule has 0 saturated carbocycles. The van der Waals surface area contributed by atoms with Crippen molar-refractivity contribution < 1.29 is 14.4 Å². The molecule has 1 heterocycles. The van der Waals surface area contributed by atoms with Crippen molar-refractivity contribution >= 4 is 29.1 Å². The average molecular weight is 384 g/mol. The predicted octanol–water partition coefficient (Wildman–Crippen LogP) is 4.66. The number of aryl methyl sites for hydroxylation is 3. The van der Waals surface area contributed by atoms with Gasteiger partial charge in [-0.2, -0.15) is 0 Å². The zero-order valence-corrected chi connectivity index (χ0v) is 16.4. The zero-order valence-electron chi connectivity index (χ0n) is 16.4. The summed E-state index contributed by atoms with van der Waals surface area (Å²) in [6.45, 7) is 5.76. The van der Waals surface area contributed by atoms with Crippen molar-refractivity contribution in [2.24, 2.45) is 0 Å². The maximum absolute atomic E-state index is 13.0.